The van der Waals surface area contributed by atoms with Gasteiger partial charge in [0.25, 0.3) is 0 Å². The fraction of sp³-hybridized carbons (Fsp3) is 0.0784. The monoisotopic (exact) mass is 736 g/mol. The van der Waals surface area contributed by atoms with Crippen molar-refractivity contribution in [2.45, 2.75) is 25.2 Å². The van der Waals surface area contributed by atoms with Crippen molar-refractivity contribution in [2.75, 3.05) is 0 Å². The van der Waals surface area contributed by atoms with E-state index in [-0.39, 0.29) is 12.3 Å². The number of amidine groups is 1. The molecule has 6 heteroatoms. The van der Waals surface area contributed by atoms with Crippen LogP contribution in [0.5, 0.6) is 0 Å². The first-order valence-corrected chi connectivity index (χ1v) is 19.7. The first kappa shape index (κ1) is 32.1. The van der Waals surface area contributed by atoms with Gasteiger partial charge in [-0.2, -0.15) is 0 Å². The van der Waals surface area contributed by atoms with Crippen molar-refractivity contribution in [3.8, 4) is 16.8 Å². The van der Waals surface area contributed by atoms with Gasteiger partial charge in [-0.3, -0.25) is 5.32 Å². The molecule has 57 heavy (non-hydrogen) atoms. The number of furan rings is 2. The summed E-state index contributed by atoms with van der Waals surface area (Å²) >= 11 is 0. The zero-order valence-corrected chi connectivity index (χ0v) is 30.9. The van der Waals surface area contributed by atoms with E-state index >= 15 is 0 Å². The second kappa shape index (κ2) is 12.7. The smallest absolute Gasteiger partial charge is 0.136 e. The maximum absolute atomic E-state index is 6.61. The van der Waals surface area contributed by atoms with Crippen LogP contribution in [0.25, 0.3) is 82.5 Å². The van der Waals surface area contributed by atoms with Crippen molar-refractivity contribution in [3.05, 3.63) is 187 Å². The van der Waals surface area contributed by atoms with E-state index in [0.29, 0.717) is 0 Å². The Hall–Kier alpha value is -7.15. The summed E-state index contributed by atoms with van der Waals surface area (Å²) in [6.45, 7) is 0. The number of aromatic nitrogens is 1. The molecule has 2 atom stereocenters. The molecule has 7 aromatic carbocycles. The lowest BCUT2D eigenvalue weighted by molar-refractivity contribution is 0.429. The summed E-state index contributed by atoms with van der Waals surface area (Å²) in [7, 11) is 0. The fourth-order valence-corrected chi connectivity index (χ4v) is 9.05. The van der Waals surface area contributed by atoms with Gasteiger partial charge in [0.1, 0.15) is 40.5 Å². The van der Waals surface area contributed by atoms with Gasteiger partial charge in [-0.1, -0.05) is 115 Å². The van der Waals surface area contributed by atoms with E-state index in [0.717, 1.165) is 90.5 Å². The van der Waals surface area contributed by atoms with Crippen molar-refractivity contribution >= 4 is 71.5 Å². The number of hydrogen-bond acceptors (Lipinski definition) is 5. The molecule has 0 amide bonds. The van der Waals surface area contributed by atoms with E-state index in [2.05, 4.69) is 179 Å². The predicted octanol–water partition coefficient (Wildman–Crippen LogP) is 12.5. The third-order valence-electron chi connectivity index (χ3n) is 11.8. The molecular formula is C51H36N4O2. The molecule has 0 spiro atoms. The Morgan fingerprint density at radius 2 is 1.35 bits per heavy atom. The minimum atomic E-state index is -0.249. The zero-order valence-electron chi connectivity index (χ0n) is 30.9. The average Bonchev–Trinajstić information content (AvgIpc) is 3.95. The molecule has 1 aliphatic carbocycles. The lowest BCUT2D eigenvalue weighted by atomic mass is 9.97. The second-order valence-corrected chi connectivity index (χ2v) is 15.1. The highest BCUT2D eigenvalue weighted by Gasteiger charge is 2.27. The van der Waals surface area contributed by atoms with Crippen LogP contribution in [0.3, 0.4) is 0 Å². The first-order chi connectivity index (χ1) is 28.2. The van der Waals surface area contributed by atoms with Gasteiger partial charge >= 0.3 is 0 Å². The van der Waals surface area contributed by atoms with Gasteiger partial charge in [-0.05, 0) is 89.7 Å². The van der Waals surface area contributed by atoms with Crippen LogP contribution >= 0.6 is 0 Å². The van der Waals surface area contributed by atoms with Crippen LogP contribution in [0.4, 0.5) is 0 Å². The SMILES string of the molecule is C1=CCCC(C2NC(c3ccccc3)=NC(c3ccc4c(c3)oc3cccc(-c5ccc6c(c5)oc5ccc(-n7c8ccccc8c8ccccc87)cc56)c34)N2)=C1. The third-order valence-corrected chi connectivity index (χ3v) is 11.8. The second-order valence-electron chi connectivity index (χ2n) is 15.1. The van der Waals surface area contributed by atoms with Gasteiger partial charge in [0.05, 0.1) is 11.0 Å². The molecule has 2 unspecified atom stereocenters. The number of allylic oxidation sites excluding steroid dienone is 3. The minimum Gasteiger partial charge on any atom is -0.456 e. The van der Waals surface area contributed by atoms with Crippen molar-refractivity contribution in [1.29, 1.82) is 0 Å². The molecule has 10 aromatic rings. The highest BCUT2D eigenvalue weighted by atomic mass is 16.3. The molecule has 0 saturated carbocycles. The van der Waals surface area contributed by atoms with Gasteiger partial charge in [0.15, 0.2) is 0 Å². The maximum Gasteiger partial charge on any atom is 0.136 e. The van der Waals surface area contributed by atoms with E-state index in [4.69, 9.17) is 13.8 Å². The molecule has 0 bridgehead atoms. The average molecular weight is 737 g/mol. The number of para-hydroxylation sites is 2. The number of nitrogens with one attached hydrogen (secondary N) is 2. The molecule has 0 fully saturated rings. The van der Waals surface area contributed by atoms with Crippen molar-refractivity contribution < 1.29 is 8.83 Å². The Balaban J connectivity index is 0.932. The van der Waals surface area contributed by atoms with E-state index in [9.17, 15) is 0 Å². The number of hydrogen-bond donors (Lipinski definition) is 2. The van der Waals surface area contributed by atoms with Gasteiger partial charge in [-0.25, -0.2) is 4.99 Å². The molecule has 0 saturated heterocycles. The highest BCUT2D eigenvalue weighted by Crippen LogP contribution is 2.41. The Labute approximate surface area is 328 Å². The lowest BCUT2D eigenvalue weighted by Gasteiger charge is -2.33. The summed E-state index contributed by atoms with van der Waals surface area (Å²) < 4.78 is 15.5. The van der Waals surface area contributed by atoms with Gasteiger partial charge in [-0.15, -0.1) is 0 Å². The van der Waals surface area contributed by atoms with E-state index in [1.165, 1.54) is 27.4 Å². The lowest BCUT2D eigenvalue weighted by Crippen LogP contribution is -2.52. The summed E-state index contributed by atoms with van der Waals surface area (Å²) in [5.74, 6) is 0.885. The van der Waals surface area contributed by atoms with Crippen molar-refractivity contribution in [3.63, 3.8) is 0 Å². The Bertz CT molecular complexity index is 3270. The molecule has 0 radical (unpaired) electrons. The standard InChI is InChI=1S/C51H36N4O2/c1-3-12-31(13-4-1)49-52-50(32-14-5-2-6-15-32)54-51(53-49)34-23-26-40-47(29-34)57-45-21-11-18-36(48(40)45)33-22-25-39-41-30-35(24-27-44(41)56-46(39)28-33)55-42-19-9-7-16-37(42)38-17-8-10-20-43(38)55/h1-5,7-14,16-30,50-51,54H,6,15H2,(H,52,53). The van der Waals surface area contributed by atoms with Crippen LogP contribution < -0.4 is 10.6 Å². The largest absolute Gasteiger partial charge is 0.456 e. The molecule has 1 aliphatic heterocycles. The molecule has 4 heterocycles. The number of benzene rings is 7. The molecular weight excluding hydrogens is 701 g/mol. The normalized spacial score (nSPS) is 17.2. The Kier molecular flexibility index (Phi) is 7.16. The number of rotatable bonds is 5. The minimum absolute atomic E-state index is 0.0287. The fourth-order valence-electron chi connectivity index (χ4n) is 9.05. The summed E-state index contributed by atoms with van der Waals surface area (Å²) in [5.41, 5.74) is 12.5. The van der Waals surface area contributed by atoms with Crippen LogP contribution in [0, 0.1) is 0 Å². The molecule has 2 aliphatic rings. The number of nitrogens with zero attached hydrogens (tertiary/aromatic N) is 2. The topological polar surface area (TPSA) is 67.6 Å². The van der Waals surface area contributed by atoms with E-state index in [1.807, 2.05) is 6.07 Å². The summed E-state index contributed by atoms with van der Waals surface area (Å²) in [4.78, 5) is 5.18. The van der Waals surface area contributed by atoms with E-state index < -0.39 is 0 Å². The van der Waals surface area contributed by atoms with Gasteiger partial charge < -0.3 is 18.7 Å². The van der Waals surface area contributed by atoms with Gasteiger partial charge in [0, 0.05) is 43.6 Å². The van der Waals surface area contributed by atoms with Gasteiger partial charge in [0.2, 0.25) is 0 Å². The summed E-state index contributed by atoms with van der Waals surface area (Å²) in [6.07, 6.45) is 8.35. The third kappa shape index (κ3) is 5.18. The quantitative estimate of drug-likeness (QED) is 0.185. The first-order valence-electron chi connectivity index (χ1n) is 19.7. The molecule has 2 N–H and O–H groups in total. The van der Waals surface area contributed by atoms with Crippen molar-refractivity contribution in [2.24, 2.45) is 4.99 Å². The maximum atomic E-state index is 6.61. The van der Waals surface area contributed by atoms with Crippen LogP contribution in [-0.4, -0.2) is 16.6 Å². The molecule has 12 rings (SSSR count). The molecule has 3 aromatic heterocycles. The molecule has 272 valence electrons. The predicted molar refractivity (Wildman–Crippen MR) is 233 cm³/mol. The number of aliphatic imine (C=N–C) groups is 1. The highest BCUT2D eigenvalue weighted by molar-refractivity contribution is 6.14. The summed E-state index contributed by atoms with van der Waals surface area (Å²) in [5, 5.41) is 14.3. The van der Waals surface area contributed by atoms with Crippen LogP contribution in [0.15, 0.2) is 189 Å². The van der Waals surface area contributed by atoms with Crippen molar-refractivity contribution in [1.82, 2.24) is 15.2 Å². The van der Waals surface area contributed by atoms with Crippen LogP contribution in [0.2, 0.25) is 0 Å². The molecule has 6 nitrogen and oxygen atoms in total. The Morgan fingerprint density at radius 1 is 0.579 bits per heavy atom. The number of fused-ring (bicyclic) bond motifs is 9. The summed E-state index contributed by atoms with van der Waals surface area (Å²) in [6, 6.07) is 53.6. The van der Waals surface area contributed by atoms with Crippen LogP contribution in [-0.2, 0) is 0 Å². The zero-order chi connectivity index (χ0) is 37.5. The van der Waals surface area contributed by atoms with Crippen LogP contribution in [0.1, 0.15) is 30.1 Å². The Morgan fingerprint density at radius 3 is 2.18 bits per heavy atom. The van der Waals surface area contributed by atoms with E-state index in [1.54, 1.807) is 0 Å².